The van der Waals surface area contributed by atoms with E-state index in [4.69, 9.17) is 16.3 Å². The molecule has 0 saturated heterocycles. The summed E-state index contributed by atoms with van der Waals surface area (Å²) in [7, 11) is 0. The summed E-state index contributed by atoms with van der Waals surface area (Å²) >= 11 is 5.44. The van der Waals surface area contributed by atoms with E-state index in [-0.39, 0.29) is 24.6 Å². The zero-order valence-electron chi connectivity index (χ0n) is 25.3. The average molecular weight is 625 g/mol. The molecule has 0 heterocycles. The van der Waals surface area contributed by atoms with Crippen LogP contribution < -0.4 is 4.74 Å². The third kappa shape index (κ3) is 8.07. The Morgan fingerprint density at radius 3 is 1.88 bits per heavy atom. The number of hydrogen-bond donors (Lipinski definition) is 0. The largest absolute Gasteiger partial charge is 0.432 e. The molecule has 43 heavy (non-hydrogen) atoms. The van der Waals surface area contributed by atoms with Gasteiger partial charge < -0.3 is 4.74 Å². The molecule has 0 atom stereocenters. The smallest absolute Gasteiger partial charge is 0.400 e. The highest BCUT2D eigenvalue weighted by Crippen LogP contribution is 2.47. The van der Waals surface area contributed by atoms with E-state index in [1.165, 1.54) is 64.2 Å². The van der Waals surface area contributed by atoms with Gasteiger partial charge in [0.05, 0.1) is 5.92 Å². The van der Waals surface area contributed by atoms with E-state index in [2.05, 4.69) is 13.0 Å². The minimum Gasteiger partial charge on any atom is -0.432 e. The van der Waals surface area contributed by atoms with Crippen molar-refractivity contribution in [2.75, 3.05) is 0 Å². The third-order valence-corrected chi connectivity index (χ3v) is 11.3. The Bertz CT molecular complexity index is 1170. The van der Waals surface area contributed by atoms with Gasteiger partial charge in [0.25, 0.3) is 0 Å². The molecule has 3 fully saturated rings. The lowest BCUT2D eigenvalue weighted by molar-refractivity contribution is -0.222. The SMILES string of the molecule is CCCCCC1CCC(C2CCC(c3ccc(C4CCC(C(F)(F)Oc5cc(F)c(Cl)c(F)c5)CC4)c(F)c3)CC2)CC1. The Labute approximate surface area is 258 Å². The lowest BCUT2D eigenvalue weighted by Crippen LogP contribution is -2.37. The quantitative estimate of drug-likeness (QED) is 0.145. The molecule has 7 heteroatoms. The molecule has 0 N–H and O–H groups in total. The molecule has 0 unspecified atom stereocenters. The molecule has 0 aromatic heterocycles. The van der Waals surface area contributed by atoms with Gasteiger partial charge in [0.15, 0.2) is 0 Å². The number of ether oxygens (including phenoxy) is 1. The van der Waals surface area contributed by atoms with Crippen LogP contribution in [0.2, 0.25) is 5.02 Å². The number of alkyl halides is 2. The maximum atomic E-state index is 15.4. The topological polar surface area (TPSA) is 9.23 Å². The fourth-order valence-corrected chi connectivity index (χ4v) is 8.36. The summed E-state index contributed by atoms with van der Waals surface area (Å²) in [5.41, 5.74) is 1.66. The number of rotatable bonds is 10. The first-order valence-electron chi connectivity index (χ1n) is 16.6. The van der Waals surface area contributed by atoms with Crippen LogP contribution in [-0.2, 0) is 0 Å². The fourth-order valence-electron chi connectivity index (χ4n) is 8.26. The van der Waals surface area contributed by atoms with Crippen LogP contribution >= 0.6 is 11.6 Å². The highest BCUT2D eigenvalue weighted by atomic mass is 35.5. The van der Waals surface area contributed by atoms with E-state index in [0.717, 1.165) is 36.2 Å². The molecule has 0 bridgehead atoms. The van der Waals surface area contributed by atoms with Crippen molar-refractivity contribution in [3.63, 3.8) is 0 Å². The third-order valence-electron chi connectivity index (χ3n) is 10.9. The van der Waals surface area contributed by atoms with E-state index >= 15 is 4.39 Å². The van der Waals surface area contributed by atoms with Crippen molar-refractivity contribution in [1.29, 1.82) is 0 Å². The van der Waals surface area contributed by atoms with Crippen LogP contribution in [0.15, 0.2) is 30.3 Å². The first kappa shape index (κ1) is 32.6. The summed E-state index contributed by atoms with van der Waals surface area (Å²) in [5, 5.41) is -0.762. The number of benzene rings is 2. The molecule has 3 saturated carbocycles. The van der Waals surface area contributed by atoms with Gasteiger partial charge in [-0.2, -0.15) is 8.78 Å². The van der Waals surface area contributed by atoms with Gasteiger partial charge in [-0.05, 0) is 111 Å². The van der Waals surface area contributed by atoms with Gasteiger partial charge in [0, 0.05) is 12.1 Å². The van der Waals surface area contributed by atoms with Gasteiger partial charge in [0.1, 0.15) is 28.2 Å². The fraction of sp³-hybridized carbons (Fsp3) is 0.667. The van der Waals surface area contributed by atoms with E-state index in [9.17, 15) is 17.6 Å². The summed E-state index contributed by atoms with van der Waals surface area (Å²) in [4.78, 5) is 0. The summed E-state index contributed by atoms with van der Waals surface area (Å²) in [6.45, 7) is 2.27. The van der Waals surface area contributed by atoms with Gasteiger partial charge >= 0.3 is 6.11 Å². The van der Waals surface area contributed by atoms with E-state index in [1.54, 1.807) is 6.07 Å². The van der Waals surface area contributed by atoms with E-state index in [0.29, 0.717) is 36.5 Å². The highest BCUT2D eigenvalue weighted by Gasteiger charge is 2.44. The first-order valence-corrected chi connectivity index (χ1v) is 17.0. The number of hydrogen-bond acceptors (Lipinski definition) is 1. The predicted molar refractivity (Wildman–Crippen MR) is 162 cm³/mol. The van der Waals surface area contributed by atoms with Crippen LogP contribution in [0, 0.1) is 41.1 Å². The van der Waals surface area contributed by atoms with Gasteiger partial charge in [0.2, 0.25) is 0 Å². The monoisotopic (exact) mass is 624 g/mol. The molecule has 0 aliphatic heterocycles. The molecule has 5 rings (SSSR count). The Morgan fingerprint density at radius 1 is 0.721 bits per heavy atom. The number of halogens is 6. The minimum absolute atomic E-state index is 0.127. The Kier molecular flexibility index (Phi) is 11.0. The first-order chi connectivity index (χ1) is 20.6. The predicted octanol–water partition coefficient (Wildman–Crippen LogP) is 12.4. The number of unbranched alkanes of at least 4 members (excludes halogenated alkanes) is 2. The lowest BCUT2D eigenvalue weighted by Gasteiger charge is -2.38. The molecule has 0 spiro atoms. The second kappa shape index (κ2) is 14.5. The van der Waals surface area contributed by atoms with Gasteiger partial charge in [-0.25, -0.2) is 13.2 Å². The molecule has 1 nitrogen and oxygen atoms in total. The van der Waals surface area contributed by atoms with Crippen molar-refractivity contribution in [3.8, 4) is 5.75 Å². The average Bonchev–Trinajstić information content (AvgIpc) is 3.00. The van der Waals surface area contributed by atoms with Gasteiger partial charge in [-0.3, -0.25) is 0 Å². The molecular formula is C36H46ClF5O. The Balaban J connectivity index is 1.09. The molecule has 238 valence electrons. The Morgan fingerprint density at radius 2 is 1.30 bits per heavy atom. The molecule has 3 aliphatic rings. The minimum atomic E-state index is -3.60. The Hall–Kier alpha value is -1.82. The van der Waals surface area contributed by atoms with Crippen molar-refractivity contribution in [3.05, 3.63) is 63.9 Å². The second-order valence-electron chi connectivity index (χ2n) is 13.6. The lowest BCUT2D eigenvalue weighted by atomic mass is 9.68. The molecule has 0 amide bonds. The van der Waals surface area contributed by atoms with Crippen molar-refractivity contribution < 1.29 is 26.7 Å². The highest BCUT2D eigenvalue weighted by molar-refractivity contribution is 6.30. The maximum Gasteiger partial charge on any atom is 0.400 e. The van der Waals surface area contributed by atoms with Crippen LogP contribution in [0.3, 0.4) is 0 Å². The standard InChI is InChI=1S/C36H46ClF5O/c1-2-3-4-5-23-6-8-24(9-7-23)25-10-12-26(13-11-25)28-16-19-31(32(38)20-28)27-14-17-29(18-15-27)36(41,42)43-30-21-33(39)35(37)34(40)22-30/h16,19-27,29H,2-15,17-18H2,1H3. The van der Waals surface area contributed by atoms with Crippen LogP contribution in [0.5, 0.6) is 5.75 Å². The molecule has 3 aliphatic carbocycles. The normalized spacial score (nSPS) is 28.5. The summed E-state index contributed by atoms with van der Waals surface area (Å²) in [6.07, 6.45) is 13.1. The van der Waals surface area contributed by atoms with Gasteiger partial charge in [-0.1, -0.05) is 69.2 Å². The zero-order chi connectivity index (χ0) is 30.6. The van der Waals surface area contributed by atoms with Gasteiger partial charge in [-0.15, -0.1) is 0 Å². The van der Waals surface area contributed by atoms with Crippen LogP contribution in [-0.4, -0.2) is 6.11 Å². The van der Waals surface area contributed by atoms with E-state index in [1.807, 2.05) is 6.07 Å². The summed E-state index contributed by atoms with van der Waals surface area (Å²) in [6, 6.07) is 6.94. The molecule has 2 aromatic carbocycles. The summed E-state index contributed by atoms with van der Waals surface area (Å²) in [5.74, 6) is -1.41. The van der Waals surface area contributed by atoms with Crippen molar-refractivity contribution >= 4 is 11.6 Å². The van der Waals surface area contributed by atoms with E-state index < -0.39 is 34.4 Å². The zero-order valence-corrected chi connectivity index (χ0v) is 26.1. The maximum absolute atomic E-state index is 15.4. The van der Waals surface area contributed by atoms with Crippen LogP contribution in [0.4, 0.5) is 22.0 Å². The molecular weight excluding hydrogens is 579 g/mol. The summed E-state index contributed by atoms with van der Waals surface area (Å²) < 4.78 is 77.2. The molecule has 2 aromatic rings. The van der Waals surface area contributed by atoms with Crippen molar-refractivity contribution in [2.45, 2.75) is 128 Å². The van der Waals surface area contributed by atoms with Crippen molar-refractivity contribution in [1.82, 2.24) is 0 Å². The second-order valence-corrected chi connectivity index (χ2v) is 14.0. The van der Waals surface area contributed by atoms with Crippen molar-refractivity contribution in [2.24, 2.45) is 23.7 Å². The van der Waals surface area contributed by atoms with Crippen LogP contribution in [0.25, 0.3) is 0 Å². The molecule has 0 radical (unpaired) electrons. The van der Waals surface area contributed by atoms with Crippen LogP contribution in [0.1, 0.15) is 133 Å².